The molecular weight excluding hydrogens is 518 g/mol. The molecule has 1 aliphatic rings. The fourth-order valence-corrected chi connectivity index (χ4v) is 6.85. The molecule has 0 spiro atoms. The van der Waals surface area contributed by atoms with Gasteiger partial charge in [-0.15, -0.1) is 0 Å². The third kappa shape index (κ3) is 4.20. The molecule has 0 atom stereocenters. The van der Waals surface area contributed by atoms with E-state index in [0.717, 1.165) is 22.5 Å². The van der Waals surface area contributed by atoms with E-state index in [1.165, 1.54) is 55.3 Å². The van der Waals surface area contributed by atoms with Crippen LogP contribution in [0, 0.1) is 0 Å². The van der Waals surface area contributed by atoms with E-state index >= 15 is 0 Å². The molecule has 7 aromatic rings. The lowest BCUT2D eigenvalue weighted by Gasteiger charge is -2.23. The molecule has 0 N–H and O–H groups in total. The summed E-state index contributed by atoms with van der Waals surface area (Å²) in [4.78, 5) is 5.41. The van der Waals surface area contributed by atoms with Gasteiger partial charge in [0.25, 0.3) is 0 Å². The van der Waals surface area contributed by atoms with E-state index in [2.05, 4.69) is 166 Å². The summed E-state index contributed by atoms with van der Waals surface area (Å²) >= 11 is 0. The molecule has 43 heavy (non-hydrogen) atoms. The number of fused-ring (bicyclic) bond motifs is 4. The lowest BCUT2D eigenvalue weighted by molar-refractivity contribution is 0.661. The molecule has 0 amide bonds. The number of rotatable bonds is 4. The zero-order chi connectivity index (χ0) is 29.0. The average molecular weight is 550 g/mol. The van der Waals surface area contributed by atoms with Crippen LogP contribution in [0.4, 0.5) is 0 Å². The number of hydrogen-bond acceptors (Lipinski definition) is 1. The summed E-state index contributed by atoms with van der Waals surface area (Å²) in [6, 6.07) is 54.6. The van der Waals surface area contributed by atoms with Crippen LogP contribution in [-0.4, -0.2) is 4.98 Å². The van der Waals surface area contributed by atoms with Gasteiger partial charge in [-0.05, 0) is 73.5 Å². The van der Waals surface area contributed by atoms with Crippen LogP contribution >= 0.6 is 0 Å². The molecular formula is C42H31N. The van der Waals surface area contributed by atoms with Crippen molar-refractivity contribution in [2.24, 2.45) is 0 Å². The van der Waals surface area contributed by atoms with Crippen LogP contribution in [0.5, 0.6) is 0 Å². The minimum Gasteiger partial charge on any atom is -0.248 e. The standard InChI is InChI=1S/C42H31N/c1-42(2)36-20-12-11-19-35(36)40-37(42)25-32-17-9-10-18-34(32)41(40)39-27-33(26-38(43-39)31-15-7-4-8-16-31)30-23-21-29(22-24-30)28-13-5-3-6-14-28/h3-27H,1-2H3. The second-order valence-corrected chi connectivity index (χ2v) is 12.0. The normalized spacial score (nSPS) is 13.1. The molecule has 0 saturated heterocycles. The Morgan fingerprint density at radius 1 is 0.419 bits per heavy atom. The van der Waals surface area contributed by atoms with E-state index in [-0.39, 0.29) is 5.41 Å². The number of pyridine rings is 1. The molecule has 0 radical (unpaired) electrons. The quantitative estimate of drug-likeness (QED) is 0.213. The fourth-order valence-electron chi connectivity index (χ4n) is 6.85. The van der Waals surface area contributed by atoms with Crippen LogP contribution < -0.4 is 0 Å². The van der Waals surface area contributed by atoms with Crippen molar-refractivity contribution in [1.82, 2.24) is 4.98 Å². The molecule has 0 fully saturated rings. The zero-order valence-corrected chi connectivity index (χ0v) is 24.4. The summed E-state index contributed by atoms with van der Waals surface area (Å²) in [5.41, 5.74) is 14.3. The molecule has 204 valence electrons. The largest absolute Gasteiger partial charge is 0.248 e. The van der Waals surface area contributed by atoms with Crippen molar-refractivity contribution in [3.8, 4) is 55.9 Å². The van der Waals surface area contributed by atoms with Crippen LogP contribution in [0.15, 0.2) is 152 Å². The third-order valence-electron chi connectivity index (χ3n) is 9.07. The molecule has 0 saturated carbocycles. The smallest absolute Gasteiger partial charge is 0.0728 e. The maximum absolute atomic E-state index is 5.41. The van der Waals surface area contributed by atoms with Crippen molar-refractivity contribution in [3.63, 3.8) is 0 Å². The van der Waals surface area contributed by atoms with Gasteiger partial charge in [-0.1, -0.05) is 147 Å². The summed E-state index contributed by atoms with van der Waals surface area (Å²) in [5.74, 6) is 0. The van der Waals surface area contributed by atoms with Gasteiger partial charge in [-0.3, -0.25) is 0 Å². The van der Waals surface area contributed by atoms with E-state index in [9.17, 15) is 0 Å². The highest BCUT2D eigenvalue weighted by atomic mass is 14.7. The number of benzene rings is 6. The molecule has 6 aromatic carbocycles. The van der Waals surface area contributed by atoms with Crippen molar-refractivity contribution in [2.45, 2.75) is 19.3 Å². The van der Waals surface area contributed by atoms with E-state index in [0.29, 0.717) is 0 Å². The molecule has 1 nitrogen and oxygen atoms in total. The predicted molar refractivity (Wildman–Crippen MR) is 181 cm³/mol. The van der Waals surface area contributed by atoms with Crippen LogP contribution in [0.2, 0.25) is 0 Å². The zero-order valence-electron chi connectivity index (χ0n) is 24.4. The van der Waals surface area contributed by atoms with E-state index in [1.54, 1.807) is 0 Å². The van der Waals surface area contributed by atoms with Gasteiger partial charge in [0, 0.05) is 16.5 Å². The van der Waals surface area contributed by atoms with Crippen LogP contribution in [0.1, 0.15) is 25.0 Å². The first kappa shape index (κ1) is 25.4. The van der Waals surface area contributed by atoms with Gasteiger partial charge < -0.3 is 0 Å². The Morgan fingerprint density at radius 3 is 1.72 bits per heavy atom. The second-order valence-electron chi connectivity index (χ2n) is 12.0. The molecule has 8 rings (SSSR count). The number of hydrogen-bond donors (Lipinski definition) is 0. The van der Waals surface area contributed by atoms with Gasteiger partial charge in [0.15, 0.2) is 0 Å². The Labute approximate surface area is 253 Å². The van der Waals surface area contributed by atoms with Gasteiger partial charge in [0.2, 0.25) is 0 Å². The van der Waals surface area contributed by atoms with Crippen LogP contribution in [0.3, 0.4) is 0 Å². The maximum atomic E-state index is 5.41. The minimum absolute atomic E-state index is 0.0994. The van der Waals surface area contributed by atoms with Gasteiger partial charge in [0.1, 0.15) is 0 Å². The first-order valence-electron chi connectivity index (χ1n) is 15.0. The molecule has 1 heterocycles. The lowest BCUT2D eigenvalue weighted by Crippen LogP contribution is -2.15. The van der Waals surface area contributed by atoms with Gasteiger partial charge in [-0.2, -0.15) is 0 Å². The van der Waals surface area contributed by atoms with Crippen molar-refractivity contribution in [2.75, 3.05) is 0 Å². The fraction of sp³-hybridized carbons (Fsp3) is 0.0714. The molecule has 1 heteroatoms. The number of nitrogens with zero attached hydrogens (tertiary/aromatic N) is 1. The Balaban J connectivity index is 1.40. The first-order valence-corrected chi connectivity index (χ1v) is 15.0. The van der Waals surface area contributed by atoms with Crippen molar-refractivity contribution in [3.05, 3.63) is 163 Å². The van der Waals surface area contributed by atoms with E-state index < -0.39 is 0 Å². The molecule has 0 unspecified atom stereocenters. The van der Waals surface area contributed by atoms with Crippen molar-refractivity contribution in [1.29, 1.82) is 0 Å². The monoisotopic (exact) mass is 549 g/mol. The first-order chi connectivity index (χ1) is 21.1. The van der Waals surface area contributed by atoms with Gasteiger partial charge in [-0.25, -0.2) is 4.98 Å². The Morgan fingerprint density at radius 2 is 0.977 bits per heavy atom. The topological polar surface area (TPSA) is 12.9 Å². The highest BCUT2D eigenvalue weighted by Crippen LogP contribution is 2.54. The van der Waals surface area contributed by atoms with E-state index in [1.807, 2.05) is 0 Å². The maximum Gasteiger partial charge on any atom is 0.0728 e. The summed E-state index contributed by atoms with van der Waals surface area (Å²) in [6.45, 7) is 4.70. The molecule has 1 aromatic heterocycles. The SMILES string of the molecule is CC1(C)c2ccccc2-c2c1cc1ccccc1c2-c1cc(-c2ccc(-c3ccccc3)cc2)cc(-c2ccccc2)n1. The summed E-state index contributed by atoms with van der Waals surface area (Å²) in [7, 11) is 0. The molecule has 1 aliphatic carbocycles. The van der Waals surface area contributed by atoms with Gasteiger partial charge >= 0.3 is 0 Å². The molecule has 0 aliphatic heterocycles. The Bertz CT molecular complexity index is 2120. The second kappa shape index (κ2) is 9.93. The van der Waals surface area contributed by atoms with Crippen LogP contribution in [0.25, 0.3) is 66.7 Å². The number of aromatic nitrogens is 1. The van der Waals surface area contributed by atoms with Crippen molar-refractivity contribution < 1.29 is 0 Å². The third-order valence-corrected chi connectivity index (χ3v) is 9.07. The van der Waals surface area contributed by atoms with Crippen LogP contribution in [-0.2, 0) is 5.41 Å². The Kier molecular flexibility index (Phi) is 5.87. The minimum atomic E-state index is -0.0994. The molecule has 0 bridgehead atoms. The summed E-state index contributed by atoms with van der Waals surface area (Å²) in [5, 5.41) is 2.48. The van der Waals surface area contributed by atoms with Crippen molar-refractivity contribution >= 4 is 10.8 Å². The lowest BCUT2D eigenvalue weighted by atomic mass is 9.81. The predicted octanol–water partition coefficient (Wildman–Crippen LogP) is 11.2. The Hall–Kier alpha value is -5.27. The summed E-state index contributed by atoms with van der Waals surface area (Å²) in [6.07, 6.45) is 0. The highest BCUT2D eigenvalue weighted by molar-refractivity contribution is 6.08. The van der Waals surface area contributed by atoms with E-state index in [4.69, 9.17) is 4.98 Å². The highest BCUT2D eigenvalue weighted by Gasteiger charge is 2.37. The average Bonchev–Trinajstić information content (AvgIpc) is 3.30. The summed E-state index contributed by atoms with van der Waals surface area (Å²) < 4.78 is 0. The van der Waals surface area contributed by atoms with Gasteiger partial charge in [0.05, 0.1) is 11.4 Å².